The van der Waals surface area contributed by atoms with Gasteiger partial charge in [-0.3, -0.25) is 4.79 Å². The Morgan fingerprint density at radius 2 is 1.69 bits per heavy atom. The first-order valence-electron chi connectivity index (χ1n) is 5.46. The first kappa shape index (κ1) is 11.1. The molecule has 1 saturated heterocycles. The van der Waals surface area contributed by atoms with Crippen LogP contribution in [0.1, 0.15) is 15.9 Å². The summed E-state index contributed by atoms with van der Waals surface area (Å²) >= 11 is 0. The fraction of sp³-hybridized carbons (Fsp3) is 0.417. The fourth-order valence-corrected chi connectivity index (χ4v) is 1.78. The molecule has 0 spiro atoms. The van der Waals surface area contributed by atoms with Crippen LogP contribution in [-0.2, 0) is 0 Å². The van der Waals surface area contributed by atoms with Crippen molar-refractivity contribution in [1.29, 1.82) is 0 Å². The normalized spacial score (nSPS) is 17.5. The number of amides is 1. The zero-order valence-electron chi connectivity index (χ0n) is 9.39. The molecule has 1 aliphatic heterocycles. The quantitative estimate of drug-likeness (QED) is 0.772. The monoisotopic (exact) mass is 220 g/mol. The van der Waals surface area contributed by atoms with E-state index in [0.717, 1.165) is 11.1 Å². The number of benzene rings is 1. The Labute approximate surface area is 95.0 Å². The van der Waals surface area contributed by atoms with Gasteiger partial charge in [0.1, 0.15) is 0 Å². The van der Waals surface area contributed by atoms with Crippen LogP contribution in [0.3, 0.4) is 0 Å². The van der Waals surface area contributed by atoms with Crippen molar-refractivity contribution in [2.24, 2.45) is 0 Å². The standard InChI is InChI=1S/C12H16N2O2/c1-10-2-4-11(5-3-10)12(15)13-6-8-14(16)9-7-13/h2-5,16H,6-9H2,1H3. The molecule has 0 radical (unpaired) electrons. The van der Waals surface area contributed by atoms with E-state index in [1.165, 1.54) is 5.06 Å². The molecule has 1 fully saturated rings. The molecule has 0 saturated carbocycles. The number of rotatable bonds is 1. The lowest BCUT2D eigenvalue weighted by atomic mass is 10.1. The predicted octanol–water partition coefficient (Wildman–Crippen LogP) is 1.14. The molecular weight excluding hydrogens is 204 g/mol. The van der Waals surface area contributed by atoms with Crippen molar-refractivity contribution < 1.29 is 10.0 Å². The average molecular weight is 220 g/mol. The number of aryl methyl sites for hydroxylation is 1. The van der Waals surface area contributed by atoms with E-state index in [0.29, 0.717) is 26.2 Å². The maximum absolute atomic E-state index is 12.0. The highest BCUT2D eigenvalue weighted by atomic mass is 16.5. The Bertz CT molecular complexity index is 367. The van der Waals surface area contributed by atoms with Crippen LogP contribution in [0.5, 0.6) is 0 Å². The number of carbonyl (C=O) groups is 1. The van der Waals surface area contributed by atoms with E-state index in [2.05, 4.69) is 0 Å². The first-order valence-corrected chi connectivity index (χ1v) is 5.46. The minimum atomic E-state index is 0.0492. The molecule has 0 atom stereocenters. The molecule has 1 N–H and O–H groups in total. The van der Waals surface area contributed by atoms with Gasteiger partial charge < -0.3 is 10.1 Å². The van der Waals surface area contributed by atoms with Crippen molar-refractivity contribution in [3.8, 4) is 0 Å². The summed E-state index contributed by atoms with van der Waals surface area (Å²) in [5, 5.41) is 10.5. The van der Waals surface area contributed by atoms with Crippen LogP contribution in [0.2, 0.25) is 0 Å². The molecule has 86 valence electrons. The predicted molar refractivity (Wildman–Crippen MR) is 60.4 cm³/mol. The second kappa shape index (κ2) is 4.63. The van der Waals surface area contributed by atoms with Gasteiger partial charge in [-0.2, -0.15) is 5.06 Å². The largest absolute Gasteiger partial charge is 0.336 e. The molecule has 1 heterocycles. The lowest BCUT2D eigenvalue weighted by molar-refractivity contribution is -0.112. The Morgan fingerprint density at radius 3 is 2.25 bits per heavy atom. The Balaban J connectivity index is 2.05. The van der Waals surface area contributed by atoms with Gasteiger partial charge in [-0.15, -0.1) is 0 Å². The van der Waals surface area contributed by atoms with E-state index < -0.39 is 0 Å². The number of carbonyl (C=O) groups excluding carboxylic acids is 1. The molecule has 1 aliphatic rings. The SMILES string of the molecule is Cc1ccc(C(=O)N2CCN(O)CC2)cc1. The van der Waals surface area contributed by atoms with Gasteiger partial charge in [0.15, 0.2) is 0 Å². The Kier molecular flexibility index (Phi) is 3.22. The van der Waals surface area contributed by atoms with Crippen molar-refractivity contribution in [1.82, 2.24) is 9.96 Å². The number of hydrogen-bond acceptors (Lipinski definition) is 3. The van der Waals surface area contributed by atoms with E-state index in [-0.39, 0.29) is 5.91 Å². The summed E-state index contributed by atoms with van der Waals surface area (Å²) in [4.78, 5) is 13.8. The molecule has 1 aromatic carbocycles. The molecule has 2 rings (SSSR count). The third kappa shape index (κ3) is 2.40. The average Bonchev–Trinajstić information content (AvgIpc) is 2.30. The molecule has 0 aromatic heterocycles. The minimum absolute atomic E-state index is 0.0492. The summed E-state index contributed by atoms with van der Waals surface area (Å²) in [5.74, 6) is 0.0492. The smallest absolute Gasteiger partial charge is 0.253 e. The van der Waals surface area contributed by atoms with E-state index in [9.17, 15) is 10.0 Å². The van der Waals surface area contributed by atoms with Crippen LogP contribution >= 0.6 is 0 Å². The van der Waals surface area contributed by atoms with Gasteiger partial charge >= 0.3 is 0 Å². The molecule has 0 aliphatic carbocycles. The van der Waals surface area contributed by atoms with Gasteiger partial charge in [0, 0.05) is 31.7 Å². The van der Waals surface area contributed by atoms with Crippen molar-refractivity contribution in [3.05, 3.63) is 35.4 Å². The molecule has 1 aromatic rings. The van der Waals surface area contributed by atoms with E-state index in [4.69, 9.17) is 0 Å². The van der Waals surface area contributed by atoms with Gasteiger partial charge in [-0.25, -0.2) is 0 Å². The van der Waals surface area contributed by atoms with Crippen molar-refractivity contribution in [2.45, 2.75) is 6.92 Å². The van der Waals surface area contributed by atoms with E-state index in [1.807, 2.05) is 31.2 Å². The highest BCUT2D eigenvalue weighted by Crippen LogP contribution is 2.09. The minimum Gasteiger partial charge on any atom is -0.336 e. The van der Waals surface area contributed by atoms with Crippen molar-refractivity contribution in [2.75, 3.05) is 26.2 Å². The van der Waals surface area contributed by atoms with Crippen LogP contribution in [0.15, 0.2) is 24.3 Å². The zero-order chi connectivity index (χ0) is 11.5. The summed E-state index contributed by atoms with van der Waals surface area (Å²) in [6.07, 6.45) is 0. The van der Waals surface area contributed by atoms with Gasteiger partial charge in [-0.1, -0.05) is 17.7 Å². The Morgan fingerprint density at radius 1 is 1.12 bits per heavy atom. The maximum atomic E-state index is 12.0. The maximum Gasteiger partial charge on any atom is 0.253 e. The van der Waals surface area contributed by atoms with Gasteiger partial charge in [0.25, 0.3) is 5.91 Å². The van der Waals surface area contributed by atoms with Crippen LogP contribution in [0, 0.1) is 6.92 Å². The van der Waals surface area contributed by atoms with Gasteiger partial charge in [-0.05, 0) is 19.1 Å². The lowest BCUT2D eigenvalue weighted by Crippen LogP contribution is -2.47. The first-order chi connectivity index (χ1) is 7.66. The van der Waals surface area contributed by atoms with Crippen LogP contribution in [-0.4, -0.2) is 47.3 Å². The number of hydrogen-bond donors (Lipinski definition) is 1. The fourth-order valence-electron chi connectivity index (χ4n) is 1.78. The third-order valence-electron chi connectivity index (χ3n) is 2.84. The molecule has 16 heavy (non-hydrogen) atoms. The summed E-state index contributed by atoms with van der Waals surface area (Å²) < 4.78 is 0. The second-order valence-electron chi connectivity index (χ2n) is 4.11. The summed E-state index contributed by atoms with van der Waals surface area (Å²) in [6, 6.07) is 7.58. The van der Waals surface area contributed by atoms with Crippen molar-refractivity contribution >= 4 is 5.91 Å². The van der Waals surface area contributed by atoms with Crippen LogP contribution < -0.4 is 0 Å². The van der Waals surface area contributed by atoms with Crippen LogP contribution in [0.4, 0.5) is 0 Å². The highest BCUT2D eigenvalue weighted by molar-refractivity contribution is 5.94. The van der Waals surface area contributed by atoms with Gasteiger partial charge in [0.05, 0.1) is 0 Å². The second-order valence-corrected chi connectivity index (χ2v) is 4.11. The summed E-state index contributed by atoms with van der Waals surface area (Å²) in [6.45, 7) is 4.22. The molecule has 0 unspecified atom stereocenters. The number of hydroxylamine groups is 2. The lowest BCUT2D eigenvalue weighted by Gasteiger charge is -2.31. The third-order valence-corrected chi connectivity index (χ3v) is 2.84. The molecule has 4 heteroatoms. The topological polar surface area (TPSA) is 43.8 Å². The van der Waals surface area contributed by atoms with Crippen molar-refractivity contribution in [3.63, 3.8) is 0 Å². The highest BCUT2D eigenvalue weighted by Gasteiger charge is 2.20. The van der Waals surface area contributed by atoms with Gasteiger partial charge in [0.2, 0.25) is 0 Å². The van der Waals surface area contributed by atoms with Crippen LogP contribution in [0.25, 0.3) is 0 Å². The number of piperazine rings is 1. The number of nitrogens with zero attached hydrogens (tertiary/aromatic N) is 2. The zero-order valence-corrected chi connectivity index (χ0v) is 9.39. The molecule has 0 bridgehead atoms. The molecular formula is C12H16N2O2. The summed E-state index contributed by atoms with van der Waals surface area (Å²) in [5.41, 5.74) is 1.87. The Hall–Kier alpha value is -1.39. The molecule has 1 amide bonds. The van der Waals surface area contributed by atoms with E-state index in [1.54, 1.807) is 4.90 Å². The summed E-state index contributed by atoms with van der Waals surface area (Å²) in [7, 11) is 0. The van der Waals surface area contributed by atoms with E-state index >= 15 is 0 Å². The molecule has 4 nitrogen and oxygen atoms in total.